The number of rotatable bonds is 3. The van der Waals surface area contributed by atoms with E-state index in [-0.39, 0.29) is 12.0 Å². The number of carbonyl (C=O) groups is 1. The number of oxime groups is 1. The fraction of sp³-hybridized carbons (Fsp3) is 0.385. The molecule has 108 valence electrons. The first-order valence-corrected chi connectivity index (χ1v) is 6.80. The summed E-state index contributed by atoms with van der Waals surface area (Å²) < 4.78 is 11.0. The Morgan fingerprint density at radius 2 is 2.20 bits per heavy atom. The normalized spacial score (nSPS) is 17.2. The number of nitrogens with zero attached hydrogens (tertiary/aromatic N) is 1. The molecule has 1 aromatic rings. The number of ether oxygens (including phenoxy) is 2. The Kier molecular flexibility index (Phi) is 4.49. The maximum absolute atomic E-state index is 12.2. The van der Waals surface area contributed by atoms with Gasteiger partial charge in [-0.1, -0.05) is 5.16 Å². The topological polar surface area (TPSA) is 69.2 Å². The van der Waals surface area contributed by atoms with Crippen LogP contribution < -0.4 is 14.8 Å². The van der Waals surface area contributed by atoms with Gasteiger partial charge in [-0.3, -0.25) is 4.79 Å². The van der Waals surface area contributed by atoms with Crippen molar-refractivity contribution in [3.8, 4) is 11.5 Å². The molecule has 0 aromatic heterocycles. The van der Waals surface area contributed by atoms with E-state index in [0.29, 0.717) is 33.8 Å². The van der Waals surface area contributed by atoms with E-state index >= 15 is 0 Å². The van der Waals surface area contributed by atoms with Crippen LogP contribution in [-0.4, -0.2) is 32.1 Å². The average Bonchev–Trinajstić information content (AvgIpc) is 2.82. The highest BCUT2D eigenvalue weighted by Gasteiger charge is 2.20. The van der Waals surface area contributed by atoms with Crippen LogP contribution in [0.3, 0.4) is 0 Å². The third kappa shape index (κ3) is 3.04. The van der Waals surface area contributed by atoms with Crippen LogP contribution in [0.15, 0.2) is 21.8 Å². The van der Waals surface area contributed by atoms with Crippen LogP contribution in [0.25, 0.3) is 0 Å². The molecule has 1 atom stereocenters. The minimum atomic E-state index is -0.275. The molecule has 0 aliphatic carbocycles. The van der Waals surface area contributed by atoms with Gasteiger partial charge in [0, 0.05) is 12.0 Å². The van der Waals surface area contributed by atoms with Gasteiger partial charge < -0.3 is 19.6 Å². The number of halogens is 1. The molecule has 0 radical (unpaired) electrons. The van der Waals surface area contributed by atoms with Gasteiger partial charge in [-0.05, 0) is 35.0 Å². The molecular weight excluding hydrogens is 328 g/mol. The molecule has 1 aliphatic heterocycles. The number of hydrogen-bond donors (Lipinski definition) is 1. The number of nitrogens with one attached hydrogen (secondary N) is 1. The standard InChI is InChI=1S/C13H15BrN2O4/c1-7-4-11(16-20-7)15-13(17)8-5-9(14)12(19-3)10(6-8)18-2/h5-7H,4H2,1-3H3,(H,15,16,17)/t7-/m1/s1. The molecule has 1 heterocycles. The lowest BCUT2D eigenvalue weighted by atomic mass is 10.1. The monoisotopic (exact) mass is 342 g/mol. The van der Waals surface area contributed by atoms with E-state index in [1.807, 2.05) is 6.92 Å². The summed E-state index contributed by atoms with van der Waals surface area (Å²) in [6.07, 6.45) is 0.572. The second kappa shape index (κ2) is 6.13. The summed E-state index contributed by atoms with van der Waals surface area (Å²) in [5, 5.41) is 6.51. The molecule has 0 unspecified atom stereocenters. The highest BCUT2D eigenvalue weighted by Crippen LogP contribution is 2.36. The molecule has 6 nitrogen and oxygen atoms in total. The number of methoxy groups -OCH3 is 2. The van der Waals surface area contributed by atoms with Crippen molar-refractivity contribution in [1.82, 2.24) is 5.32 Å². The van der Waals surface area contributed by atoms with E-state index in [2.05, 4.69) is 26.4 Å². The van der Waals surface area contributed by atoms with Crippen LogP contribution in [0.4, 0.5) is 0 Å². The molecule has 0 saturated carbocycles. The van der Waals surface area contributed by atoms with E-state index in [0.717, 1.165) is 0 Å². The summed E-state index contributed by atoms with van der Waals surface area (Å²) in [5.74, 6) is 1.26. The van der Waals surface area contributed by atoms with Gasteiger partial charge in [0.15, 0.2) is 17.3 Å². The van der Waals surface area contributed by atoms with Gasteiger partial charge in [0.25, 0.3) is 5.91 Å². The molecule has 1 N–H and O–H groups in total. The summed E-state index contributed by atoms with van der Waals surface area (Å²) in [4.78, 5) is 17.2. The first-order chi connectivity index (χ1) is 9.55. The molecular formula is C13H15BrN2O4. The second-order valence-corrected chi connectivity index (χ2v) is 5.16. The van der Waals surface area contributed by atoms with Gasteiger partial charge in [-0.15, -0.1) is 0 Å². The molecule has 1 aromatic carbocycles. The highest BCUT2D eigenvalue weighted by atomic mass is 79.9. The molecule has 0 spiro atoms. The van der Waals surface area contributed by atoms with E-state index in [1.165, 1.54) is 14.2 Å². The van der Waals surface area contributed by atoms with Crippen LogP contribution in [0.1, 0.15) is 23.7 Å². The smallest absolute Gasteiger partial charge is 0.256 e. The minimum Gasteiger partial charge on any atom is -0.493 e. The lowest BCUT2D eigenvalue weighted by Gasteiger charge is -2.11. The highest BCUT2D eigenvalue weighted by molar-refractivity contribution is 9.10. The maximum Gasteiger partial charge on any atom is 0.256 e. The number of benzene rings is 1. The molecule has 1 amide bonds. The Morgan fingerprint density at radius 1 is 1.45 bits per heavy atom. The minimum absolute atomic E-state index is 0.0116. The zero-order valence-electron chi connectivity index (χ0n) is 11.4. The second-order valence-electron chi connectivity index (χ2n) is 4.31. The summed E-state index contributed by atoms with van der Waals surface area (Å²) in [6, 6.07) is 3.27. The largest absolute Gasteiger partial charge is 0.493 e. The quantitative estimate of drug-likeness (QED) is 0.915. The van der Waals surface area contributed by atoms with Gasteiger partial charge in [-0.2, -0.15) is 0 Å². The maximum atomic E-state index is 12.2. The van der Waals surface area contributed by atoms with Crippen molar-refractivity contribution >= 4 is 27.7 Å². The predicted octanol–water partition coefficient (Wildman–Crippen LogP) is 2.32. The van der Waals surface area contributed by atoms with Gasteiger partial charge in [0.1, 0.15) is 6.10 Å². The molecule has 0 saturated heterocycles. The van der Waals surface area contributed by atoms with Crippen molar-refractivity contribution in [2.45, 2.75) is 19.4 Å². The molecule has 2 rings (SSSR count). The first kappa shape index (κ1) is 14.6. The van der Waals surface area contributed by atoms with Gasteiger partial charge in [-0.25, -0.2) is 0 Å². The summed E-state index contributed by atoms with van der Waals surface area (Å²) >= 11 is 3.35. The first-order valence-electron chi connectivity index (χ1n) is 6.00. The zero-order valence-corrected chi connectivity index (χ0v) is 13.0. The van der Waals surface area contributed by atoms with Crippen molar-refractivity contribution in [1.29, 1.82) is 0 Å². The van der Waals surface area contributed by atoms with Gasteiger partial charge in [0.2, 0.25) is 0 Å². The fourth-order valence-electron chi connectivity index (χ4n) is 1.83. The Morgan fingerprint density at radius 3 is 2.75 bits per heavy atom. The summed E-state index contributed by atoms with van der Waals surface area (Å²) in [7, 11) is 3.05. The lowest BCUT2D eigenvalue weighted by molar-refractivity contribution is 0.0966. The Bertz CT molecular complexity index is 560. The van der Waals surface area contributed by atoms with Crippen molar-refractivity contribution < 1.29 is 19.1 Å². The van der Waals surface area contributed by atoms with Crippen molar-refractivity contribution in [2.24, 2.45) is 5.16 Å². The molecule has 0 bridgehead atoms. The Balaban J connectivity index is 2.20. The van der Waals surface area contributed by atoms with Gasteiger partial charge in [0.05, 0.1) is 18.7 Å². The van der Waals surface area contributed by atoms with Crippen LogP contribution in [0.2, 0.25) is 0 Å². The van der Waals surface area contributed by atoms with E-state index in [1.54, 1.807) is 12.1 Å². The van der Waals surface area contributed by atoms with Crippen LogP contribution in [0.5, 0.6) is 11.5 Å². The van der Waals surface area contributed by atoms with Crippen LogP contribution in [0, 0.1) is 0 Å². The van der Waals surface area contributed by atoms with Crippen LogP contribution in [-0.2, 0) is 4.84 Å². The fourth-order valence-corrected chi connectivity index (χ4v) is 2.43. The van der Waals surface area contributed by atoms with Crippen molar-refractivity contribution in [3.05, 3.63) is 22.2 Å². The van der Waals surface area contributed by atoms with Crippen molar-refractivity contribution in [3.63, 3.8) is 0 Å². The molecule has 0 fully saturated rings. The van der Waals surface area contributed by atoms with Gasteiger partial charge >= 0.3 is 0 Å². The zero-order chi connectivity index (χ0) is 14.7. The molecule has 1 aliphatic rings. The summed E-state index contributed by atoms with van der Waals surface area (Å²) in [5.41, 5.74) is 0.441. The van der Waals surface area contributed by atoms with E-state index in [4.69, 9.17) is 14.3 Å². The third-order valence-electron chi connectivity index (χ3n) is 2.78. The lowest BCUT2D eigenvalue weighted by Crippen LogP contribution is -2.30. The Labute approximate surface area is 125 Å². The summed E-state index contributed by atoms with van der Waals surface area (Å²) in [6.45, 7) is 1.88. The SMILES string of the molecule is COc1cc(C(=O)NC2=NO[C@H](C)C2)cc(Br)c1OC. The molecule has 7 heteroatoms. The average molecular weight is 343 g/mol. The number of hydrogen-bond acceptors (Lipinski definition) is 5. The van der Waals surface area contributed by atoms with E-state index in [9.17, 15) is 4.79 Å². The number of amidine groups is 1. The van der Waals surface area contributed by atoms with Crippen molar-refractivity contribution in [2.75, 3.05) is 14.2 Å². The number of amides is 1. The Hall–Kier alpha value is -1.76. The molecule has 20 heavy (non-hydrogen) atoms. The van der Waals surface area contributed by atoms with Crippen LogP contribution >= 0.6 is 15.9 Å². The number of carbonyl (C=O) groups excluding carboxylic acids is 1. The third-order valence-corrected chi connectivity index (χ3v) is 3.37. The van der Waals surface area contributed by atoms with E-state index < -0.39 is 0 Å². The predicted molar refractivity (Wildman–Crippen MR) is 77.3 cm³/mol.